The molecule has 0 aromatic heterocycles. The van der Waals surface area contributed by atoms with Crippen LogP contribution in [0.25, 0.3) is 0 Å². The molecule has 0 saturated carbocycles. The Kier molecular flexibility index (Phi) is 5.76. The Morgan fingerprint density at radius 2 is 2.10 bits per heavy atom. The highest BCUT2D eigenvalue weighted by molar-refractivity contribution is 7.92. The third-order valence-corrected chi connectivity index (χ3v) is 4.38. The maximum absolute atomic E-state index is 11.5. The molecule has 2 N–H and O–H groups in total. The van der Waals surface area contributed by atoms with Gasteiger partial charge in [-0.1, -0.05) is 13.0 Å². The number of rotatable bonds is 5. The highest BCUT2D eigenvalue weighted by Crippen LogP contribution is 2.20. The lowest BCUT2D eigenvalue weighted by molar-refractivity contribution is 0.600. The summed E-state index contributed by atoms with van der Waals surface area (Å²) in [6.45, 7) is 4.11. The van der Waals surface area contributed by atoms with Gasteiger partial charge in [0.05, 0.1) is 11.9 Å². The van der Waals surface area contributed by atoms with E-state index in [0.29, 0.717) is 10.8 Å². The van der Waals surface area contributed by atoms with Gasteiger partial charge in [0.2, 0.25) is 10.0 Å². The molecule has 0 radical (unpaired) electrons. The second kappa shape index (κ2) is 6.90. The van der Waals surface area contributed by atoms with Gasteiger partial charge in [0.1, 0.15) is 0 Å². The minimum Gasteiger partial charge on any atom is -0.360 e. The second-order valence-corrected chi connectivity index (χ2v) is 7.11. The van der Waals surface area contributed by atoms with Crippen LogP contribution in [0.5, 0.6) is 0 Å². The Balaban J connectivity index is 2.81. The second-order valence-electron chi connectivity index (χ2n) is 4.69. The summed E-state index contributed by atoms with van der Waals surface area (Å²) in [4.78, 5) is 0. The van der Waals surface area contributed by atoms with Crippen LogP contribution in [0.2, 0.25) is 0 Å². The first-order valence-electron chi connectivity index (χ1n) is 6.35. The molecule has 5 nitrogen and oxygen atoms in total. The Morgan fingerprint density at radius 3 is 2.65 bits per heavy atom. The van der Waals surface area contributed by atoms with E-state index in [0.717, 1.165) is 12.1 Å². The third-order valence-electron chi connectivity index (χ3n) is 2.95. The van der Waals surface area contributed by atoms with Gasteiger partial charge in [0, 0.05) is 18.8 Å². The Morgan fingerprint density at radius 1 is 1.45 bits per heavy atom. The predicted octanol–water partition coefficient (Wildman–Crippen LogP) is 2.17. The fourth-order valence-corrected chi connectivity index (χ4v) is 2.28. The maximum atomic E-state index is 11.5. The smallest absolute Gasteiger partial charge is 0.231 e. The van der Waals surface area contributed by atoms with Crippen LogP contribution in [0, 0.1) is 0 Å². The van der Waals surface area contributed by atoms with Crippen molar-refractivity contribution >= 4 is 38.7 Å². The highest BCUT2D eigenvalue weighted by atomic mass is 32.2. The van der Waals surface area contributed by atoms with Crippen molar-refractivity contribution in [3.8, 4) is 0 Å². The van der Waals surface area contributed by atoms with Crippen molar-refractivity contribution in [1.29, 1.82) is 0 Å². The van der Waals surface area contributed by atoms with Crippen LogP contribution in [-0.2, 0) is 10.0 Å². The molecule has 0 aliphatic heterocycles. The fraction of sp³-hybridized carbons (Fsp3) is 0.462. The zero-order chi connectivity index (χ0) is 15.3. The SMILES string of the molecule is CC[C@@H](C)NC(=S)Nc1cccc(N(C)S(C)(=O)=O)c1. The molecule has 0 saturated heterocycles. The summed E-state index contributed by atoms with van der Waals surface area (Å²) in [7, 11) is -1.75. The summed E-state index contributed by atoms with van der Waals surface area (Å²) < 4.78 is 24.3. The number of nitrogens with zero attached hydrogens (tertiary/aromatic N) is 1. The van der Waals surface area contributed by atoms with Crippen LogP contribution in [0.4, 0.5) is 11.4 Å². The van der Waals surface area contributed by atoms with Crippen LogP contribution >= 0.6 is 12.2 Å². The lowest BCUT2D eigenvalue weighted by Crippen LogP contribution is -2.35. The molecular weight excluding hydrogens is 294 g/mol. The monoisotopic (exact) mass is 315 g/mol. The number of hydrogen-bond acceptors (Lipinski definition) is 3. The zero-order valence-electron chi connectivity index (χ0n) is 12.2. The average Bonchev–Trinajstić information content (AvgIpc) is 2.36. The van der Waals surface area contributed by atoms with Crippen molar-refractivity contribution in [2.24, 2.45) is 0 Å². The minimum atomic E-state index is -3.27. The lowest BCUT2D eigenvalue weighted by Gasteiger charge is -2.19. The zero-order valence-corrected chi connectivity index (χ0v) is 13.8. The molecule has 1 aromatic carbocycles. The number of thiocarbonyl (C=S) groups is 1. The number of benzene rings is 1. The number of sulfonamides is 1. The molecule has 1 atom stereocenters. The minimum absolute atomic E-state index is 0.289. The van der Waals surface area contributed by atoms with Crippen molar-refractivity contribution in [2.45, 2.75) is 26.3 Å². The molecular formula is C13H21N3O2S2. The van der Waals surface area contributed by atoms with E-state index in [4.69, 9.17) is 12.2 Å². The Labute approximate surface area is 126 Å². The van der Waals surface area contributed by atoms with E-state index in [1.54, 1.807) is 18.2 Å². The number of nitrogens with one attached hydrogen (secondary N) is 2. The average molecular weight is 315 g/mol. The summed E-state index contributed by atoms with van der Waals surface area (Å²) >= 11 is 5.21. The molecule has 112 valence electrons. The molecule has 0 heterocycles. The van der Waals surface area contributed by atoms with E-state index in [1.807, 2.05) is 13.0 Å². The first-order chi connectivity index (χ1) is 9.24. The van der Waals surface area contributed by atoms with Crippen molar-refractivity contribution in [2.75, 3.05) is 22.9 Å². The van der Waals surface area contributed by atoms with Crippen LogP contribution < -0.4 is 14.9 Å². The molecule has 0 unspecified atom stereocenters. The van der Waals surface area contributed by atoms with Gasteiger partial charge in [-0.3, -0.25) is 4.31 Å². The molecule has 1 aromatic rings. The summed E-state index contributed by atoms with van der Waals surface area (Å²) in [6.07, 6.45) is 2.14. The van der Waals surface area contributed by atoms with Gasteiger partial charge in [-0.05, 0) is 43.8 Å². The Hall–Kier alpha value is -1.34. The molecule has 0 amide bonds. The molecule has 0 aliphatic rings. The topological polar surface area (TPSA) is 61.4 Å². The van der Waals surface area contributed by atoms with E-state index in [2.05, 4.69) is 17.6 Å². The van der Waals surface area contributed by atoms with Crippen LogP contribution in [0.1, 0.15) is 20.3 Å². The lowest BCUT2D eigenvalue weighted by atomic mass is 10.2. The van der Waals surface area contributed by atoms with Crippen molar-refractivity contribution in [3.63, 3.8) is 0 Å². The van der Waals surface area contributed by atoms with Crippen LogP contribution in [-0.4, -0.2) is 32.9 Å². The van der Waals surface area contributed by atoms with Gasteiger partial charge < -0.3 is 10.6 Å². The fourth-order valence-electron chi connectivity index (χ4n) is 1.46. The third kappa shape index (κ3) is 4.97. The van der Waals surface area contributed by atoms with E-state index in [1.165, 1.54) is 17.6 Å². The van der Waals surface area contributed by atoms with Crippen molar-refractivity contribution in [1.82, 2.24) is 5.32 Å². The van der Waals surface area contributed by atoms with Gasteiger partial charge in [-0.15, -0.1) is 0 Å². The van der Waals surface area contributed by atoms with E-state index in [9.17, 15) is 8.42 Å². The summed E-state index contributed by atoms with van der Waals surface area (Å²) in [5.74, 6) is 0. The number of hydrogen-bond donors (Lipinski definition) is 2. The van der Waals surface area contributed by atoms with Gasteiger partial charge in [-0.25, -0.2) is 8.42 Å². The summed E-state index contributed by atoms with van der Waals surface area (Å²) in [5.41, 5.74) is 1.34. The van der Waals surface area contributed by atoms with Gasteiger partial charge in [0.25, 0.3) is 0 Å². The summed E-state index contributed by atoms with van der Waals surface area (Å²) in [6, 6.07) is 7.38. The molecule has 7 heteroatoms. The molecule has 20 heavy (non-hydrogen) atoms. The quantitative estimate of drug-likeness (QED) is 0.816. The van der Waals surface area contributed by atoms with E-state index < -0.39 is 10.0 Å². The van der Waals surface area contributed by atoms with E-state index >= 15 is 0 Å². The number of anilines is 2. The first-order valence-corrected chi connectivity index (χ1v) is 8.61. The van der Waals surface area contributed by atoms with Gasteiger partial charge in [-0.2, -0.15) is 0 Å². The van der Waals surface area contributed by atoms with Crippen LogP contribution in [0.15, 0.2) is 24.3 Å². The predicted molar refractivity (Wildman–Crippen MR) is 88.8 cm³/mol. The van der Waals surface area contributed by atoms with Gasteiger partial charge >= 0.3 is 0 Å². The normalized spacial score (nSPS) is 12.6. The molecule has 0 aliphatic carbocycles. The van der Waals surface area contributed by atoms with E-state index in [-0.39, 0.29) is 6.04 Å². The molecule has 1 rings (SSSR count). The standard InChI is InChI=1S/C13H21N3O2S2/c1-5-10(2)14-13(19)15-11-7-6-8-12(9-11)16(3)20(4,17)18/h6-10H,5H2,1-4H3,(H2,14,15,19)/t10-/m1/s1. The maximum Gasteiger partial charge on any atom is 0.231 e. The van der Waals surface area contributed by atoms with Crippen LogP contribution in [0.3, 0.4) is 0 Å². The molecule has 0 bridgehead atoms. The largest absolute Gasteiger partial charge is 0.360 e. The summed E-state index contributed by atoms with van der Waals surface area (Å²) in [5, 5.41) is 6.72. The Bertz CT molecular complexity index is 573. The van der Waals surface area contributed by atoms with Crippen molar-refractivity contribution < 1.29 is 8.42 Å². The first kappa shape index (κ1) is 16.7. The molecule has 0 spiro atoms. The highest BCUT2D eigenvalue weighted by Gasteiger charge is 2.12. The van der Waals surface area contributed by atoms with Crippen molar-refractivity contribution in [3.05, 3.63) is 24.3 Å². The molecule has 0 fully saturated rings. The van der Waals surface area contributed by atoms with Gasteiger partial charge in [0.15, 0.2) is 5.11 Å².